The zero-order valence-corrected chi connectivity index (χ0v) is 14.7. The second-order valence-electron chi connectivity index (χ2n) is 6.26. The Hall–Kier alpha value is -1.62. The Morgan fingerprint density at radius 1 is 0.750 bits per heavy atom. The van der Waals surface area contributed by atoms with Gasteiger partial charge in [-0.1, -0.05) is 30.3 Å². The molecule has 0 radical (unpaired) electrons. The highest BCUT2D eigenvalue weighted by Gasteiger charge is 2.06. The van der Waals surface area contributed by atoms with Gasteiger partial charge in [0, 0.05) is 18.8 Å². The van der Waals surface area contributed by atoms with Gasteiger partial charge in [-0.05, 0) is 74.8 Å². The van der Waals surface area contributed by atoms with E-state index in [1.54, 1.807) is 0 Å². The van der Waals surface area contributed by atoms with Gasteiger partial charge >= 0.3 is 0 Å². The molecule has 0 heterocycles. The first-order valence-corrected chi connectivity index (χ1v) is 9.20. The Labute approximate surface area is 146 Å². The highest BCUT2D eigenvalue weighted by atomic mass is 15.1. The van der Waals surface area contributed by atoms with Crippen molar-refractivity contribution < 1.29 is 0 Å². The van der Waals surface area contributed by atoms with Crippen LogP contribution in [-0.4, -0.2) is 39.3 Å². The summed E-state index contributed by atoms with van der Waals surface area (Å²) < 4.78 is 0. The smallest absolute Gasteiger partial charge is 0.0372 e. The molecule has 0 amide bonds. The van der Waals surface area contributed by atoms with Crippen LogP contribution in [0.4, 0.5) is 5.69 Å². The number of hydrogen-bond donors (Lipinski definition) is 3. The minimum absolute atomic E-state index is 0.741. The maximum Gasteiger partial charge on any atom is 0.0372 e. The molecule has 0 saturated heterocycles. The van der Waals surface area contributed by atoms with Crippen molar-refractivity contribution in [1.29, 1.82) is 0 Å². The molecule has 24 heavy (non-hydrogen) atoms. The average molecular weight is 329 g/mol. The lowest BCUT2D eigenvalue weighted by Crippen LogP contribution is -2.28. The van der Waals surface area contributed by atoms with Crippen LogP contribution in [0.5, 0.6) is 0 Å². The number of nitrogens with zero attached hydrogens (tertiary/aromatic N) is 1. The average Bonchev–Trinajstić information content (AvgIpc) is 2.63. The van der Waals surface area contributed by atoms with Crippen LogP contribution in [-0.2, 0) is 0 Å². The summed E-state index contributed by atoms with van der Waals surface area (Å²) in [6, 6.07) is 15.3. The number of unbranched alkanes of at least 4 members (excludes halogenated alkanes) is 1. The first kappa shape index (κ1) is 18.7. The van der Waals surface area contributed by atoms with Gasteiger partial charge in [0.2, 0.25) is 0 Å². The van der Waals surface area contributed by atoms with Crippen LogP contribution in [0.3, 0.4) is 0 Å². The van der Waals surface area contributed by atoms with E-state index in [1.165, 1.54) is 29.3 Å². The second kappa shape index (κ2) is 11.0. The van der Waals surface area contributed by atoms with E-state index in [9.17, 15) is 0 Å². The first-order valence-electron chi connectivity index (χ1n) is 9.20. The van der Waals surface area contributed by atoms with Gasteiger partial charge in [-0.25, -0.2) is 0 Å². The molecule has 0 aliphatic heterocycles. The third-order valence-corrected chi connectivity index (χ3v) is 4.32. The summed E-state index contributed by atoms with van der Waals surface area (Å²) in [6.07, 6.45) is 4.46. The molecule has 0 spiro atoms. The zero-order chi connectivity index (χ0) is 17.0. The molecule has 0 fully saturated rings. The number of fused-ring (bicyclic) bond motifs is 1. The molecule has 5 N–H and O–H groups in total. The van der Waals surface area contributed by atoms with Crippen molar-refractivity contribution in [1.82, 2.24) is 5.32 Å². The normalized spacial score (nSPS) is 11.1. The molecule has 2 aromatic rings. The fraction of sp³-hybridized carbons (Fsp3) is 0.500. The summed E-state index contributed by atoms with van der Waals surface area (Å²) in [5.41, 5.74) is 12.5. The van der Waals surface area contributed by atoms with Gasteiger partial charge in [0.1, 0.15) is 0 Å². The van der Waals surface area contributed by atoms with E-state index >= 15 is 0 Å². The fourth-order valence-corrected chi connectivity index (χ4v) is 2.93. The zero-order valence-electron chi connectivity index (χ0n) is 14.7. The monoisotopic (exact) mass is 328 g/mol. The van der Waals surface area contributed by atoms with Crippen molar-refractivity contribution in [2.24, 2.45) is 11.5 Å². The highest BCUT2D eigenvalue weighted by Crippen LogP contribution is 2.22. The largest absolute Gasteiger partial charge is 0.371 e. The predicted octanol–water partition coefficient (Wildman–Crippen LogP) is 2.71. The Morgan fingerprint density at radius 2 is 1.46 bits per heavy atom. The summed E-state index contributed by atoms with van der Waals surface area (Å²) >= 11 is 0. The van der Waals surface area contributed by atoms with Crippen LogP contribution in [0, 0.1) is 0 Å². The van der Waals surface area contributed by atoms with Gasteiger partial charge in [0.25, 0.3) is 0 Å². The summed E-state index contributed by atoms with van der Waals surface area (Å²) in [6.45, 7) is 5.71. The topological polar surface area (TPSA) is 67.3 Å². The molecule has 0 aliphatic rings. The SMILES string of the molecule is NCCCNCCCCN(CCCN)c1ccc2ccccc2c1. The summed E-state index contributed by atoms with van der Waals surface area (Å²) in [4.78, 5) is 2.47. The van der Waals surface area contributed by atoms with Gasteiger partial charge in [-0.2, -0.15) is 0 Å². The summed E-state index contributed by atoms with van der Waals surface area (Å²) in [7, 11) is 0. The molecule has 4 nitrogen and oxygen atoms in total. The first-order chi connectivity index (χ1) is 11.8. The Kier molecular flexibility index (Phi) is 8.60. The highest BCUT2D eigenvalue weighted by molar-refractivity contribution is 5.85. The van der Waals surface area contributed by atoms with E-state index in [0.29, 0.717) is 0 Å². The maximum atomic E-state index is 5.72. The lowest BCUT2D eigenvalue weighted by molar-refractivity contribution is 0.596. The van der Waals surface area contributed by atoms with E-state index < -0.39 is 0 Å². The number of hydrogen-bond acceptors (Lipinski definition) is 4. The molecule has 0 aromatic heterocycles. The van der Waals surface area contributed by atoms with Gasteiger partial charge in [-0.15, -0.1) is 0 Å². The fourth-order valence-electron chi connectivity index (χ4n) is 2.93. The second-order valence-corrected chi connectivity index (χ2v) is 6.26. The van der Waals surface area contributed by atoms with Crippen LogP contribution in [0.25, 0.3) is 10.8 Å². The van der Waals surface area contributed by atoms with Gasteiger partial charge < -0.3 is 21.7 Å². The van der Waals surface area contributed by atoms with Crippen molar-refractivity contribution in [3.8, 4) is 0 Å². The molecule has 132 valence electrons. The maximum absolute atomic E-state index is 5.72. The Morgan fingerprint density at radius 3 is 2.25 bits per heavy atom. The van der Waals surface area contributed by atoms with E-state index in [1.807, 2.05) is 0 Å². The van der Waals surface area contributed by atoms with Crippen LogP contribution in [0.2, 0.25) is 0 Å². The van der Waals surface area contributed by atoms with E-state index in [4.69, 9.17) is 11.5 Å². The number of nitrogens with two attached hydrogens (primary N) is 2. The Balaban J connectivity index is 1.88. The lowest BCUT2D eigenvalue weighted by atomic mass is 10.1. The molecule has 0 unspecified atom stereocenters. The van der Waals surface area contributed by atoms with Gasteiger partial charge in [-0.3, -0.25) is 0 Å². The third-order valence-electron chi connectivity index (χ3n) is 4.32. The quantitative estimate of drug-likeness (QED) is 0.524. The van der Waals surface area contributed by atoms with Crippen molar-refractivity contribution >= 4 is 16.5 Å². The molecular weight excluding hydrogens is 296 g/mol. The molecule has 2 aromatic carbocycles. The van der Waals surface area contributed by atoms with Crippen molar-refractivity contribution in [3.63, 3.8) is 0 Å². The number of benzene rings is 2. The van der Waals surface area contributed by atoms with E-state index in [2.05, 4.69) is 52.7 Å². The minimum atomic E-state index is 0.741. The van der Waals surface area contributed by atoms with Crippen LogP contribution in [0.15, 0.2) is 42.5 Å². The summed E-state index contributed by atoms with van der Waals surface area (Å²) in [5.74, 6) is 0. The van der Waals surface area contributed by atoms with Crippen molar-refractivity contribution in [2.45, 2.75) is 25.7 Å². The molecule has 0 aliphatic carbocycles. The van der Waals surface area contributed by atoms with Crippen molar-refractivity contribution in [3.05, 3.63) is 42.5 Å². The van der Waals surface area contributed by atoms with Crippen molar-refractivity contribution in [2.75, 3.05) is 44.2 Å². The van der Waals surface area contributed by atoms with Gasteiger partial charge in [0.05, 0.1) is 0 Å². The number of rotatable bonds is 12. The summed E-state index contributed by atoms with van der Waals surface area (Å²) in [5, 5.41) is 6.05. The van der Waals surface area contributed by atoms with Crippen LogP contribution in [0.1, 0.15) is 25.7 Å². The molecule has 0 saturated carbocycles. The molecule has 4 heteroatoms. The lowest BCUT2D eigenvalue weighted by Gasteiger charge is -2.25. The van der Waals surface area contributed by atoms with E-state index in [-0.39, 0.29) is 0 Å². The number of nitrogens with one attached hydrogen (secondary N) is 1. The molecular formula is C20H32N4. The third kappa shape index (κ3) is 6.11. The molecule has 0 atom stereocenters. The van der Waals surface area contributed by atoms with Crippen LogP contribution < -0.4 is 21.7 Å². The molecule has 2 rings (SSSR count). The Bertz CT molecular complexity index is 585. The number of anilines is 1. The molecule has 0 bridgehead atoms. The van der Waals surface area contributed by atoms with E-state index in [0.717, 1.165) is 52.1 Å². The standard InChI is InChI=1S/C20H32N4/c21-11-5-14-23-13-3-4-15-24(16-6-12-22)20-10-9-18-7-1-2-8-19(18)17-20/h1-2,7-10,17,23H,3-6,11-16,21-22H2. The minimum Gasteiger partial charge on any atom is -0.371 e. The predicted molar refractivity (Wildman–Crippen MR) is 106 cm³/mol. The van der Waals surface area contributed by atoms with Gasteiger partial charge in [0.15, 0.2) is 0 Å². The van der Waals surface area contributed by atoms with Crippen LogP contribution >= 0.6 is 0 Å².